The van der Waals surface area contributed by atoms with E-state index in [4.69, 9.17) is 16.1 Å². The molecule has 0 radical (unpaired) electrons. The number of amides is 1. The molecule has 5 nitrogen and oxygen atoms in total. The Hall–Kier alpha value is -1.53. The van der Waals surface area contributed by atoms with Gasteiger partial charge in [-0.25, -0.2) is 4.98 Å². The molecule has 2 aromatic heterocycles. The summed E-state index contributed by atoms with van der Waals surface area (Å²) in [5.74, 6) is 1.08. The second kappa shape index (κ2) is 5.88. The summed E-state index contributed by atoms with van der Waals surface area (Å²) < 4.78 is 4.84. The number of carbonyl (C=O) groups is 1. The standard InChI is InChI=1S/C11H10ClN3O2S/c1-7-5-9(15-17-7)14-10(16)6-18-11-8(12)3-2-4-13-11/h2-5H,6H2,1H3,(H,14,15,16). The van der Waals surface area contributed by atoms with E-state index in [1.807, 2.05) is 0 Å². The van der Waals surface area contributed by atoms with Crippen LogP contribution in [0, 0.1) is 6.92 Å². The van der Waals surface area contributed by atoms with Crippen LogP contribution in [0.25, 0.3) is 0 Å². The molecule has 1 amide bonds. The summed E-state index contributed by atoms with van der Waals surface area (Å²) in [6.45, 7) is 1.76. The molecule has 94 valence electrons. The van der Waals surface area contributed by atoms with Crippen LogP contribution in [-0.4, -0.2) is 21.8 Å². The molecule has 2 heterocycles. The molecule has 0 aliphatic rings. The first-order valence-corrected chi connectivity index (χ1v) is 6.48. The Labute approximate surface area is 113 Å². The average Bonchev–Trinajstić information content (AvgIpc) is 2.74. The van der Waals surface area contributed by atoms with Gasteiger partial charge < -0.3 is 9.84 Å². The van der Waals surface area contributed by atoms with Crippen molar-refractivity contribution < 1.29 is 9.32 Å². The van der Waals surface area contributed by atoms with E-state index >= 15 is 0 Å². The number of nitrogens with one attached hydrogen (secondary N) is 1. The Morgan fingerprint density at radius 3 is 3.11 bits per heavy atom. The molecule has 0 bridgehead atoms. The highest BCUT2D eigenvalue weighted by molar-refractivity contribution is 8.00. The fourth-order valence-electron chi connectivity index (χ4n) is 1.22. The molecule has 18 heavy (non-hydrogen) atoms. The Kier molecular flexibility index (Phi) is 4.22. The molecule has 0 atom stereocenters. The van der Waals surface area contributed by atoms with E-state index in [-0.39, 0.29) is 11.7 Å². The quantitative estimate of drug-likeness (QED) is 0.874. The van der Waals surface area contributed by atoms with Gasteiger partial charge in [-0.15, -0.1) is 0 Å². The first kappa shape index (κ1) is 12.9. The van der Waals surface area contributed by atoms with E-state index in [0.717, 1.165) is 0 Å². The van der Waals surface area contributed by atoms with Crippen molar-refractivity contribution in [1.29, 1.82) is 0 Å². The minimum Gasteiger partial charge on any atom is -0.360 e. The van der Waals surface area contributed by atoms with Gasteiger partial charge in [-0.3, -0.25) is 4.79 Å². The van der Waals surface area contributed by atoms with Crippen molar-refractivity contribution in [1.82, 2.24) is 10.1 Å². The number of hydrogen-bond acceptors (Lipinski definition) is 5. The Morgan fingerprint density at radius 1 is 1.61 bits per heavy atom. The van der Waals surface area contributed by atoms with Gasteiger partial charge in [0.15, 0.2) is 5.82 Å². The zero-order valence-electron chi connectivity index (χ0n) is 9.51. The van der Waals surface area contributed by atoms with Gasteiger partial charge in [0.25, 0.3) is 0 Å². The summed E-state index contributed by atoms with van der Waals surface area (Å²) in [6.07, 6.45) is 1.63. The van der Waals surface area contributed by atoms with Crippen LogP contribution in [0.1, 0.15) is 5.76 Å². The van der Waals surface area contributed by atoms with Crippen LogP contribution in [0.15, 0.2) is 33.9 Å². The summed E-state index contributed by atoms with van der Waals surface area (Å²) in [6, 6.07) is 5.12. The Balaban J connectivity index is 1.87. The molecule has 2 aromatic rings. The number of halogens is 1. The normalized spacial score (nSPS) is 10.3. The zero-order valence-corrected chi connectivity index (χ0v) is 11.1. The van der Waals surface area contributed by atoms with Gasteiger partial charge in [-0.05, 0) is 19.1 Å². The number of aryl methyl sites for hydroxylation is 1. The number of thioether (sulfide) groups is 1. The fraction of sp³-hybridized carbons (Fsp3) is 0.182. The molecule has 0 unspecified atom stereocenters. The number of rotatable bonds is 4. The minimum absolute atomic E-state index is 0.185. The van der Waals surface area contributed by atoms with Crippen LogP contribution in [0.5, 0.6) is 0 Å². The highest BCUT2D eigenvalue weighted by Crippen LogP contribution is 2.23. The first-order chi connectivity index (χ1) is 8.65. The first-order valence-electron chi connectivity index (χ1n) is 5.11. The van der Waals surface area contributed by atoms with Gasteiger partial charge in [0.05, 0.1) is 10.8 Å². The van der Waals surface area contributed by atoms with E-state index < -0.39 is 0 Å². The molecule has 0 saturated heterocycles. The van der Waals surface area contributed by atoms with E-state index in [0.29, 0.717) is 21.6 Å². The van der Waals surface area contributed by atoms with Crippen molar-refractivity contribution in [3.8, 4) is 0 Å². The van der Waals surface area contributed by atoms with Crippen molar-refractivity contribution in [3.63, 3.8) is 0 Å². The number of carbonyl (C=O) groups excluding carboxylic acids is 1. The maximum Gasteiger partial charge on any atom is 0.236 e. The van der Waals surface area contributed by atoms with Gasteiger partial charge >= 0.3 is 0 Å². The predicted octanol–water partition coefficient (Wildman–Crippen LogP) is 2.76. The smallest absolute Gasteiger partial charge is 0.236 e. The topological polar surface area (TPSA) is 68.0 Å². The Bertz CT molecular complexity index is 559. The molecular weight excluding hydrogens is 274 g/mol. The molecule has 7 heteroatoms. The third-order valence-electron chi connectivity index (χ3n) is 1.96. The van der Waals surface area contributed by atoms with E-state index in [9.17, 15) is 4.79 Å². The van der Waals surface area contributed by atoms with Gasteiger partial charge in [-0.1, -0.05) is 28.5 Å². The molecule has 0 aliphatic carbocycles. The summed E-state index contributed by atoms with van der Waals surface area (Å²) in [4.78, 5) is 15.7. The van der Waals surface area contributed by atoms with Gasteiger partial charge in [0.1, 0.15) is 10.8 Å². The molecule has 2 rings (SSSR count). The van der Waals surface area contributed by atoms with E-state index in [2.05, 4.69) is 15.5 Å². The summed E-state index contributed by atoms with van der Waals surface area (Å²) in [5.41, 5.74) is 0. The van der Waals surface area contributed by atoms with Gasteiger partial charge in [-0.2, -0.15) is 0 Å². The molecule has 0 aromatic carbocycles. The predicted molar refractivity (Wildman–Crippen MR) is 69.8 cm³/mol. The monoisotopic (exact) mass is 283 g/mol. The van der Waals surface area contributed by atoms with Crippen molar-refractivity contribution in [3.05, 3.63) is 35.2 Å². The van der Waals surface area contributed by atoms with Crippen LogP contribution in [0.4, 0.5) is 5.82 Å². The molecule has 0 saturated carbocycles. The second-order valence-electron chi connectivity index (χ2n) is 3.45. The average molecular weight is 284 g/mol. The third-order valence-corrected chi connectivity index (χ3v) is 3.38. The fourth-order valence-corrected chi connectivity index (χ4v) is 2.18. The molecular formula is C11H10ClN3O2S. The lowest BCUT2D eigenvalue weighted by Gasteiger charge is -2.02. The van der Waals surface area contributed by atoms with Gasteiger partial charge in [0, 0.05) is 12.3 Å². The largest absolute Gasteiger partial charge is 0.360 e. The lowest BCUT2D eigenvalue weighted by molar-refractivity contribution is -0.113. The molecule has 1 N–H and O–H groups in total. The van der Waals surface area contributed by atoms with E-state index in [1.165, 1.54) is 11.8 Å². The second-order valence-corrected chi connectivity index (χ2v) is 4.82. The third kappa shape index (κ3) is 3.48. The highest BCUT2D eigenvalue weighted by Gasteiger charge is 2.08. The van der Waals surface area contributed by atoms with Crippen LogP contribution in [0.3, 0.4) is 0 Å². The number of nitrogens with zero attached hydrogens (tertiary/aromatic N) is 2. The van der Waals surface area contributed by atoms with Gasteiger partial charge in [0.2, 0.25) is 5.91 Å². The number of anilines is 1. The van der Waals surface area contributed by atoms with Crippen molar-refractivity contribution in [2.75, 3.05) is 11.1 Å². The number of hydrogen-bond donors (Lipinski definition) is 1. The Morgan fingerprint density at radius 2 is 2.44 bits per heavy atom. The van der Waals surface area contributed by atoms with Crippen molar-refractivity contribution in [2.45, 2.75) is 11.9 Å². The lowest BCUT2D eigenvalue weighted by atomic mass is 10.5. The maximum absolute atomic E-state index is 11.6. The molecule has 0 spiro atoms. The number of pyridine rings is 1. The van der Waals surface area contributed by atoms with E-state index in [1.54, 1.807) is 31.3 Å². The number of aromatic nitrogens is 2. The molecule has 0 aliphatic heterocycles. The summed E-state index contributed by atoms with van der Waals surface area (Å²) >= 11 is 7.20. The highest BCUT2D eigenvalue weighted by atomic mass is 35.5. The van der Waals surface area contributed by atoms with Crippen LogP contribution >= 0.6 is 23.4 Å². The van der Waals surface area contributed by atoms with Crippen LogP contribution < -0.4 is 5.32 Å². The maximum atomic E-state index is 11.6. The SMILES string of the molecule is Cc1cc(NC(=O)CSc2ncccc2Cl)no1. The lowest BCUT2D eigenvalue weighted by Crippen LogP contribution is -2.14. The summed E-state index contributed by atoms with van der Waals surface area (Å²) in [7, 11) is 0. The zero-order chi connectivity index (χ0) is 13.0. The van der Waals surface area contributed by atoms with Crippen LogP contribution in [-0.2, 0) is 4.79 Å². The minimum atomic E-state index is -0.185. The molecule has 0 fully saturated rings. The summed E-state index contributed by atoms with van der Waals surface area (Å²) in [5, 5.41) is 7.45. The van der Waals surface area contributed by atoms with Crippen molar-refractivity contribution >= 4 is 35.1 Å². The van der Waals surface area contributed by atoms with Crippen molar-refractivity contribution in [2.24, 2.45) is 0 Å². The van der Waals surface area contributed by atoms with Crippen LogP contribution in [0.2, 0.25) is 5.02 Å².